The molecule has 0 aliphatic carbocycles. The van der Waals surface area contributed by atoms with Crippen molar-refractivity contribution in [1.82, 2.24) is 0 Å². The van der Waals surface area contributed by atoms with E-state index in [1.54, 1.807) is 42.5 Å². The predicted molar refractivity (Wildman–Crippen MR) is 108 cm³/mol. The molecule has 6 heteroatoms. The summed E-state index contributed by atoms with van der Waals surface area (Å²) in [5, 5.41) is 9.52. The average molecular weight is 440 g/mol. The third-order valence-electron chi connectivity index (χ3n) is 3.71. The summed E-state index contributed by atoms with van der Waals surface area (Å²) in [6.45, 7) is 0. The molecule has 3 rings (SSSR count). The minimum atomic E-state index is -3.98. The van der Waals surface area contributed by atoms with Crippen LogP contribution in [0.15, 0.2) is 88.2 Å². The highest BCUT2D eigenvalue weighted by atomic mass is 79.9. The predicted octanol–water partition coefficient (Wildman–Crippen LogP) is 5.28. The highest BCUT2D eigenvalue weighted by molar-refractivity contribution is 9.10. The van der Waals surface area contributed by atoms with Crippen LogP contribution >= 0.6 is 15.9 Å². The van der Waals surface area contributed by atoms with Gasteiger partial charge in [-0.3, -0.25) is 0 Å². The van der Waals surface area contributed by atoms with Gasteiger partial charge in [-0.25, -0.2) is 0 Å². The Morgan fingerprint density at radius 3 is 2.22 bits per heavy atom. The molecule has 0 radical (unpaired) electrons. The van der Waals surface area contributed by atoms with E-state index < -0.39 is 10.1 Å². The zero-order valence-electron chi connectivity index (χ0n) is 14.0. The summed E-state index contributed by atoms with van der Waals surface area (Å²) in [7, 11) is -3.98. The molecular formula is C21H14BrNO3S. The van der Waals surface area contributed by atoms with Gasteiger partial charge in [-0.2, -0.15) is 13.7 Å². The van der Waals surface area contributed by atoms with Crippen LogP contribution in [0.4, 0.5) is 0 Å². The van der Waals surface area contributed by atoms with E-state index in [0.717, 1.165) is 10.0 Å². The summed E-state index contributed by atoms with van der Waals surface area (Å²) in [6, 6.07) is 24.2. The molecule has 0 aliphatic heterocycles. The van der Waals surface area contributed by atoms with E-state index in [9.17, 15) is 13.7 Å². The molecule has 0 atom stereocenters. The Hall–Kier alpha value is -2.88. The highest BCUT2D eigenvalue weighted by Gasteiger charge is 2.18. The summed E-state index contributed by atoms with van der Waals surface area (Å²) < 4.78 is 31.2. The molecule has 3 aromatic carbocycles. The lowest BCUT2D eigenvalue weighted by Crippen LogP contribution is -2.10. The molecular weight excluding hydrogens is 426 g/mol. The molecule has 0 saturated carbocycles. The SMILES string of the molecule is N#C/C(=C\c1cc(Br)ccc1OS(=O)(=O)c1ccccc1)c1ccccc1. The largest absolute Gasteiger partial charge is 0.378 e. The number of nitrogens with zero attached hydrogens (tertiary/aromatic N) is 1. The van der Waals surface area contributed by atoms with Gasteiger partial charge >= 0.3 is 10.1 Å². The number of hydrogen-bond acceptors (Lipinski definition) is 4. The fourth-order valence-electron chi connectivity index (χ4n) is 2.41. The first kappa shape index (κ1) is 18.9. The van der Waals surface area contributed by atoms with Crippen molar-refractivity contribution in [2.45, 2.75) is 4.90 Å². The molecule has 0 aliphatic rings. The number of nitriles is 1. The number of hydrogen-bond donors (Lipinski definition) is 0. The second-order valence-electron chi connectivity index (χ2n) is 5.57. The summed E-state index contributed by atoms with van der Waals surface area (Å²) in [5.41, 5.74) is 1.61. The maximum Gasteiger partial charge on any atom is 0.339 e. The van der Waals surface area contributed by atoms with Gasteiger partial charge in [0.15, 0.2) is 0 Å². The number of rotatable bonds is 5. The lowest BCUT2D eigenvalue weighted by Gasteiger charge is -2.10. The molecule has 4 nitrogen and oxygen atoms in total. The van der Waals surface area contributed by atoms with Crippen LogP contribution in [0, 0.1) is 11.3 Å². The fraction of sp³-hybridized carbons (Fsp3) is 0. The zero-order chi connectivity index (χ0) is 19.3. The van der Waals surface area contributed by atoms with Gasteiger partial charge in [0.05, 0.1) is 11.6 Å². The van der Waals surface area contributed by atoms with Gasteiger partial charge < -0.3 is 4.18 Å². The van der Waals surface area contributed by atoms with Crippen LogP contribution in [0.5, 0.6) is 5.75 Å². The van der Waals surface area contributed by atoms with Crippen molar-refractivity contribution in [2.24, 2.45) is 0 Å². The molecule has 0 bridgehead atoms. The maximum absolute atomic E-state index is 12.5. The molecule has 134 valence electrons. The van der Waals surface area contributed by atoms with Gasteiger partial charge in [0.25, 0.3) is 0 Å². The molecule has 27 heavy (non-hydrogen) atoms. The van der Waals surface area contributed by atoms with Crippen LogP contribution in [0.2, 0.25) is 0 Å². The van der Waals surface area contributed by atoms with Crippen LogP contribution in [-0.2, 0) is 10.1 Å². The molecule has 0 saturated heterocycles. The van der Waals surface area contributed by atoms with Crippen LogP contribution in [0.1, 0.15) is 11.1 Å². The Balaban J connectivity index is 2.04. The highest BCUT2D eigenvalue weighted by Crippen LogP contribution is 2.30. The summed E-state index contributed by atoms with van der Waals surface area (Å²) in [6.07, 6.45) is 1.61. The Kier molecular flexibility index (Phi) is 5.75. The molecule has 0 aromatic heterocycles. The van der Waals surface area contributed by atoms with E-state index in [2.05, 4.69) is 22.0 Å². The van der Waals surface area contributed by atoms with Crippen molar-refractivity contribution in [2.75, 3.05) is 0 Å². The Labute approximate surface area is 166 Å². The normalized spacial score (nSPS) is 11.6. The number of allylic oxidation sites excluding steroid dienone is 1. The van der Waals surface area contributed by atoms with Gasteiger partial charge in [-0.05, 0) is 42.0 Å². The van der Waals surface area contributed by atoms with Gasteiger partial charge in [-0.15, -0.1) is 0 Å². The van der Waals surface area contributed by atoms with E-state index in [4.69, 9.17) is 4.18 Å². The van der Waals surface area contributed by atoms with Gasteiger partial charge in [0.1, 0.15) is 10.6 Å². The van der Waals surface area contributed by atoms with Gasteiger partial charge in [-0.1, -0.05) is 64.5 Å². The number of halogens is 1. The van der Waals surface area contributed by atoms with Gasteiger partial charge in [0.2, 0.25) is 0 Å². The van der Waals surface area contributed by atoms with Crippen LogP contribution in [-0.4, -0.2) is 8.42 Å². The zero-order valence-corrected chi connectivity index (χ0v) is 16.4. The van der Waals surface area contributed by atoms with Crippen molar-refractivity contribution >= 4 is 37.7 Å². The smallest absolute Gasteiger partial charge is 0.339 e. The van der Waals surface area contributed by atoms with Crippen molar-refractivity contribution in [3.63, 3.8) is 0 Å². The van der Waals surface area contributed by atoms with E-state index in [-0.39, 0.29) is 10.6 Å². The molecule has 0 amide bonds. The van der Waals surface area contributed by atoms with Gasteiger partial charge in [0, 0.05) is 10.0 Å². The minimum absolute atomic E-state index is 0.0615. The minimum Gasteiger partial charge on any atom is -0.378 e. The summed E-state index contributed by atoms with van der Waals surface area (Å²) in [5.74, 6) is 0.144. The first-order valence-electron chi connectivity index (χ1n) is 7.96. The molecule has 0 N–H and O–H groups in total. The van der Waals surface area contributed by atoms with Crippen molar-refractivity contribution in [3.8, 4) is 11.8 Å². The molecule has 0 spiro atoms. The van der Waals surface area contributed by atoms with E-state index >= 15 is 0 Å². The molecule has 0 fully saturated rings. The maximum atomic E-state index is 12.5. The van der Waals surface area contributed by atoms with Crippen LogP contribution < -0.4 is 4.18 Å². The second-order valence-corrected chi connectivity index (χ2v) is 8.03. The molecule has 0 unspecified atom stereocenters. The standard InChI is InChI=1S/C21H14BrNO3S/c22-19-11-12-21(26-27(24,25)20-9-5-2-6-10-20)17(14-19)13-18(15-23)16-7-3-1-4-8-16/h1-14H/b18-13+. The quantitative estimate of drug-likeness (QED) is 0.308. The lowest BCUT2D eigenvalue weighted by atomic mass is 10.0. The third-order valence-corrected chi connectivity index (χ3v) is 5.45. The Bertz CT molecular complexity index is 1120. The monoisotopic (exact) mass is 439 g/mol. The average Bonchev–Trinajstić information content (AvgIpc) is 2.69. The second kappa shape index (κ2) is 8.21. The first-order valence-corrected chi connectivity index (χ1v) is 10.2. The Morgan fingerprint density at radius 2 is 1.59 bits per heavy atom. The van der Waals surface area contributed by atoms with Crippen LogP contribution in [0.25, 0.3) is 11.6 Å². The fourth-order valence-corrected chi connectivity index (χ4v) is 3.77. The van der Waals surface area contributed by atoms with E-state index in [1.807, 2.05) is 30.3 Å². The van der Waals surface area contributed by atoms with E-state index in [1.165, 1.54) is 12.1 Å². The van der Waals surface area contributed by atoms with Crippen LogP contribution in [0.3, 0.4) is 0 Å². The number of benzene rings is 3. The van der Waals surface area contributed by atoms with E-state index in [0.29, 0.717) is 11.1 Å². The van der Waals surface area contributed by atoms with Crippen molar-refractivity contribution in [1.29, 1.82) is 5.26 Å². The molecule has 0 heterocycles. The van der Waals surface area contributed by atoms with Crippen molar-refractivity contribution in [3.05, 3.63) is 94.5 Å². The summed E-state index contributed by atoms with van der Waals surface area (Å²) in [4.78, 5) is 0.0615. The van der Waals surface area contributed by atoms with Crippen molar-refractivity contribution < 1.29 is 12.6 Å². The molecule has 3 aromatic rings. The first-order chi connectivity index (χ1) is 13.0. The Morgan fingerprint density at radius 1 is 0.963 bits per heavy atom. The summed E-state index contributed by atoms with van der Waals surface area (Å²) >= 11 is 3.37. The third kappa shape index (κ3) is 4.64. The topological polar surface area (TPSA) is 67.2 Å². The lowest BCUT2D eigenvalue weighted by molar-refractivity contribution is 0.485.